The number of anilines is 1. The summed E-state index contributed by atoms with van der Waals surface area (Å²) in [7, 11) is 2.07. The van der Waals surface area contributed by atoms with Gasteiger partial charge < -0.3 is 15.4 Å². The first-order chi connectivity index (χ1) is 6.81. The summed E-state index contributed by atoms with van der Waals surface area (Å²) < 4.78 is 5.34. The second kappa shape index (κ2) is 4.25. The number of hydrogen-bond donors (Lipinski definition) is 1. The van der Waals surface area contributed by atoms with Crippen molar-refractivity contribution in [3.8, 4) is 0 Å². The topological polar surface area (TPSA) is 51.4 Å². The van der Waals surface area contributed by atoms with Crippen molar-refractivity contribution in [2.75, 3.05) is 25.2 Å². The fourth-order valence-corrected chi connectivity index (χ4v) is 2.36. The van der Waals surface area contributed by atoms with Gasteiger partial charge in [0.05, 0.1) is 12.6 Å². The summed E-state index contributed by atoms with van der Waals surface area (Å²) in [6.45, 7) is 2.25. The minimum absolute atomic E-state index is 0.478. The normalized spacial score (nSPS) is 21.4. The van der Waals surface area contributed by atoms with Crippen molar-refractivity contribution >= 4 is 16.5 Å². The van der Waals surface area contributed by atoms with E-state index >= 15 is 0 Å². The van der Waals surface area contributed by atoms with Crippen LogP contribution in [-0.4, -0.2) is 31.3 Å². The Morgan fingerprint density at radius 2 is 2.64 bits per heavy atom. The number of thiazole rings is 1. The van der Waals surface area contributed by atoms with Crippen LogP contribution in [0.4, 0.5) is 5.13 Å². The molecule has 1 aromatic rings. The monoisotopic (exact) mass is 213 g/mol. The maximum absolute atomic E-state index is 5.54. The Balaban J connectivity index is 2.05. The smallest absolute Gasteiger partial charge is 0.185 e. The minimum Gasteiger partial charge on any atom is -0.379 e. The van der Waals surface area contributed by atoms with Crippen molar-refractivity contribution in [2.45, 2.75) is 19.0 Å². The molecule has 0 radical (unpaired) electrons. The van der Waals surface area contributed by atoms with Gasteiger partial charge in [0.1, 0.15) is 0 Å². The van der Waals surface area contributed by atoms with Crippen LogP contribution in [0.1, 0.15) is 11.3 Å². The Hall–Kier alpha value is -0.650. The molecule has 1 atom stereocenters. The van der Waals surface area contributed by atoms with Crippen molar-refractivity contribution < 1.29 is 4.74 Å². The van der Waals surface area contributed by atoms with Crippen LogP contribution in [0.2, 0.25) is 0 Å². The fraction of sp³-hybridized carbons (Fsp3) is 0.667. The average Bonchev–Trinajstić information content (AvgIpc) is 2.88. The number of hydrogen-bond acceptors (Lipinski definition) is 5. The molecule has 1 aliphatic rings. The first kappa shape index (κ1) is 9.89. The van der Waals surface area contributed by atoms with Gasteiger partial charge in [-0.2, -0.15) is 0 Å². The minimum atomic E-state index is 0.478. The van der Waals surface area contributed by atoms with Gasteiger partial charge in [-0.05, 0) is 6.42 Å². The highest BCUT2D eigenvalue weighted by Gasteiger charge is 2.22. The van der Waals surface area contributed by atoms with E-state index in [2.05, 4.69) is 16.9 Å². The molecule has 1 fully saturated rings. The molecule has 78 valence electrons. The van der Waals surface area contributed by atoms with E-state index in [9.17, 15) is 0 Å². The third kappa shape index (κ3) is 1.89. The van der Waals surface area contributed by atoms with E-state index in [1.54, 1.807) is 11.3 Å². The Morgan fingerprint density at radius 1 is 1.79 bits per heavy atom. The number of ether oxygens (including phenoxy) is 1. The van der Waals surface area contributed by atoms with E-state index in [-0.39, 0.29) is 0 Å². The van der Waals surface area contributed by atoms with Crippen LogP contribution in [0.15, 0.2) is 6.20 Å². The molecule has 1 saturated heterocycles. The summed E-state index contributed by atoms with van der Waals surface area (Å²) in [6, 6.07) is 0.478. The van der Waals surface area contributed by atoms with Gasteiger partial charge in [-0.3, -0.25) is 0 Å². The van der Waals surface area contributed by atoms with Crippen molar-refractivity contribution in [3.63, 3.8) is 0 Å². The van der Waals surface area contributed by atoms with Crippen LogP contribution in [-0.2, 0) is 11.3 Å². The van der Waals surface area contributed by atoms with Crippen molar-refractivity contribution in [1.82, 2.24) is 4.98 Å². The van der Waals surface area contributed by atoms with Crippen molar-refractivity contribution in [1.29, 1.82) is 0 Å². The number of nitrogens with zero attached hydrogens (tertiary/aromatic N) is 2. The molecule has 0 bridgehead atoms. The lowest BCUT2D eigenvalue weighted by Gasteiger charge is -2.21. The number of rotatable bonds is 3. The molecule has 1 aromatic heterocycles. The molecule has 0 spiro atoms. The third-order valence-corrected chi connectivity index (χ3v) is 3.61. The molecule has 1 unspecified atom stereocenters. The standard InChI is InChI=1S/C9H15N3OS/c1-12(7-2-3-13-6-7)9-11-5-8(4-10)14-9/h5,7H,2-4,6,10H2,1H3. The summed E-state index contributed by atoms with van der Waals surface area (Å²) in [6.07, 6.45) is 2.94. The van der Waals surface area contributed by atoms with Gasteiger partial charge in [0.2, 0.25) is 0 Å². The van der Waals surface area contributed by atoms with Crippen LogP contribution >= 0.6 is 11.3 Å². The SMILES string of the molecule is CN(c1ncc(CN)s1)C1CCOC1. The Kier molecular flexibility index (Phi) is 3.00. The first-order valence-corrected chi connectivity index (χ1v) is 5.58. The molecule has 0 aromatic carbocycles. The summed E-state index contributed by atoms with van der Waals surface area (Å²) in [4.78, 5) is 7.66. The van der Waals surface area contributed by atoms with Crippen LogP contribution in [0.3, 0.4) is 0 Å². The van der Waals surface area contributed by atoms with Gasteiger partial charge in [-0.25, -0.2) is 4.98 Å². The van der Waals surface area contributed by atoms with E-state index in [1.807, 2.05) is 6.20 Å². The molecule has 2 N–H and O–H groups in total. The molecule has 2 heterocycles. The molecule has 0 saturated carbocycles. The van der Waals surface area contributed by atoms with Crippen LogP contribution in [0.25, 0.3) is 0 Å². The van der Waals surface area contributed by atoms with Crippen LogP contribution in [0.5, 0.6) is 0 Å². The average molecular weight is 213 g/mol. The number of aromatic nitrogens is 1. The fourth-order valence-electron chi connectivity index (χ4n) is 1.54. The van der Waals surface area contributed by atoms with Gasteiger partial charge in [0, 0.05) is 31.3 Å². The van der Waals surface area contributed by atoms with Gasteiger partial charge in [0.25, 0.3) is 0 Å². The number of nitrogens with two attached hydrogens (primary N) is 1. The summed E-state index contributed by atoms with van der Waals surface area (Å²) in [5, 5.41) is 1.04. The molecule has 0 amide bonds. The van der Waals surface area contributed by atoms with E-state index in [4.69, 9.17) is 10.5 Å². The van der Waals surface area contributed by atoms with Gasteiger partial charge in [0.15, 0.2) is 5.13 Å². The van der Waals surface area contributed by atoms with Gasteiger partial charge in [-0.1, -0.05) is 0 Å². The zero-order valence-electron chi connectivity index (χ0n) is 8.27. The van der Waals surface area contributed by atoms with E-state index < -0.39 is 0 Å². The Morgan fingerprint density at radius 3 is 3.21 bits per heavy atom. The van der Waals surface area contributed by atoms with Gasteiger partial charge >= 0.3 is 0 Å². The Bertz CT molecular complexity index is 296. The zero-order chi connectivity index (χ0) is 9.97. The highest BCUT2D eigenvalue weighted by Crippen LogP contribution is 2.25. The predicted octanol–water partition coefficient (Wildman–Crippen LogP) is 0.827. The summed E-state index contributed by atoms with van der Waals surface area (Å²) >= 11 is 1.66. The zero-order valence-corrected chi connectivity index (χ0v) is 9.09. The highest BCUT2D eigenvalue weighted by molar-refractivity contribution is 7.15. The lowest BCUT2D eigenvalue weighted by Crippen LogP contribution is -2.31. The molecular formula is C9H15N3OS. The molecule has 4 nitrogen and oxygen atoms in total. The van der Waals surface area contributed by atoms with Crippen molar-refractivity contribution in [3.05, 3.63) is 11.1 Å². The van der Waals surface area contributed by atoms with Crippen LogP contribution in [0, 0.1) is 0 Å². The van der Waals surface area contributed by atoms with E-state index in [1.165, 1.54) is 0 Å². The molecule has 1 aliphatic heterocycles. The third-order valence-electron chi connectivity index (χ3n) is 2.50. The van der Waals surface area contributed by atoms with E-state index in [0.29, 0.717) is 12.6 Å². The number of likely N-dealkylation sites (N-methyl/N-ethyl adjacent to an activating group) is 1. The quantitative estimate of drug-likeness (QED) is 0.808. The maximum Gasteiger partial charge on any atom is 0.185 e. The van der Waals surface area contributed by atoms with Crippen LogP contribution < -0.4 is 10.6 Å². The molecular weight excluding hydrogens is 198 g/mol. The lowest BCUT2D eigenvalue weighted by atomic mass is 10.2. The van der Waals surface area contributed by atoms with Crippen molar-refractivity contribution in [2.24, 2.45) is 5.73 Å². The molecule has 14 heavy (non-hydrogen) atoms. The highest BCUT2D eigenvalue weighted by atomic mass is 32.1. The molecule has 0 aliphatic carbocycles. The predicted molar refractivity (Wildman–Crippen MR) is 57.6 cm³/mol. The molecule has 2 rings (SSSR count). The maximum atomic E-state index is 5.54. The van der Waals surface area contributed by atoms with Gasteiger partial charge in [-0.15, -0.1) is 11.3 Å². The lowest BCUT2D eigenvalue weighted by molar-refractivity contribution is 0.193. The first-order valence-electron chi connectivity index (χ1n) is 4.76. The second-order valence-corrected chi connectivity index (χ2v) is 4.54. The summed E-state index contributed by atoms with van der Waals surface area (Å²) in [5.74, 6) is 0. The largest absolute Gasteiger partial charge is 0.379 e. The second-order valence-electron chi connectivity index (χ2n) is 3.44. The summed E-state index contributed by atoms with van der Waals surface area (Å²) in [5.41, 5.74) is 5.54. The van der Waals surface area contributed by atoms with E-state index in [0.717, 1.165) is 29.6 Å². The Labute approximate surface area is 87.7 Å². The molecule has 5 heteroatoms.